The molecule has 0 aromatic carbocycles. The molecule has 0 amide bonds. The Hall–Kier alpha value is -0.830. The van der Waals surface area contributed by atoms with Crippen LogP contribution in [-0.2, 0) is 13.1 Å². The third-order valence-electron chi connectivity index (χ3n) is 1.93. The highest BCUT2D eigenvalue weighted by atomic mass is 15.1. The van der Waals surface area contributed by atoms with Crippen LogP contribution in [0.2, 0.25) is 0 Å². The van der Waals surface area contributed by atoms with Crippen molar-refractivity contribution in [3.8, 4) is 0 Å². The molecular weight excluding hydrogens is 162 g/mol. The van der Waals surface area contributed by atoms with Gasteiger partial charge in [0, 0.05) is 25.0 Å². The van der Waals surface area contributed by atoms with Crippen LogP contribution in [0.1, 0.15) is 33.0 Å². The van der Waals surface area contributed by atoms with Gasteiger partial charge >= 0.3 is 0 Å². The molecule has 0 aliphatic heterocycles. The Morgan fingerprint density at radius 1 is 1.54 bits per heavy atom. The molecule has 0 saturated carbocycles. The van der Waals surface area contributed by atoms with Crippen molar-refractivity contribution in [3.05, 3.63) is 18.2 Å². The van der Waals surface area contributed by atoms with E-state index in [2.05, 4.69) is 35.6 Å². The number of aryl methyl sites for hydroxylation is 1. The second-order valence-electron chi connectivity index (χ2n) is 3.57. The highest BCUT2D eigenvalue weighted by molar-refractivity contribution is 4.91. The Bertz CT molecular complexity index is 240. The first kappa shape index (κ1) is 10.3. The second-order valence-corrected chi connectivity index (χ2v) is 3.57. The van der Waals surface area contributed by atoms with Gasteiger partial charge in [-0.2, -0.15) is 0 Å². The smallest absolute Gasteiger partial charge is 0.122 e. The predicted molar refractivity (Wildman–Crippen MR) is 54.5 cm³/mol. The van der Waals surface area contributed by atoms with E-state index in [0.717, 1.165) is 25.3 Å². The van der Waals surface area contributed by atoms with Crippen LogP contribution in [0.4, 0.5) is 0 Å². The highest BCUT2D eigenvalue weighted by Crippen LogP contribution is 1.99. The molecule has 0 saturated heterocycles. The fraction of sp³-hybridized carbons (Fsp3) is 0.700. The van der Waals surface area contributed by atoms with Crippen LogP contribution >= 0.6 is 0 Å². The van der Waals surface area contributed by atoms with Crippen LogP contribution in [-0.4, -0.2) is 15.6 Å². The zero-order valence-corrected chi connectivity index (χ0v) is 8.75. The molecule has 3 nitrogen and oxygen atoms in total. The van der Waals surface area contributed by atoms with Crippen molar-refractivity contribution in [2.24, 2.45) is 0 Å². The summed E-state index contributed by atoms with van der Waals surface area (Å²) in [5, 5.41) is 3.36. The minimum Gasteiger partial charge on any atom is -0.334 e. The predicted octanol–water partition coefficient (Wildman–Crippen LogP) is 1.79. The van der Waals surface area contributed by atoms with Gasteiger partial charge in [-0.05, 0) is 6.42 Å². The van der Waals surface area contributed by atoms with Gasteiger partial charge in [-0.1, -0.05) is 20.8 Å². The minimum absolute atomic E-state index is 0.520. The van der Waals surface area contributed by atoms with Crippen molar-refractivity contribution < 1.29 is 0 Å². The van der Waals surface area contributed by atoms with Crippen molar-refractivity contribution >= 4 is 0 Å². The molecule has 3 heteroatoms. The second kappa shape index (κ2) is 5.02. The Kier molecular flexibility index (Phi) is 3.96. The van der Waals surface area contributed by atoms with E-state index < -0.39 is 0 Å². The number of nitrogens with zero attached hydrogens (tertiary/aromatic N) is 2. The summed E-state index contributed by atoms with van der Waals surface area (Å²) in [5.41, 5.74) is 0. The van der Waals surface area contributed by atoms with Crippen LogP contribution in [0.5, 0.6) is 0 Å². The molecule has 0 aliphatic rings. The van der Waals surface area contributed by atoms with Crippen LogP contribution < -0.4 is 5.32 Å². The maximum Gasteiger partial charge on any atom is 0.122 e. The summed E-state index contributed by atoms with van der Waals surface area (Å²) in [6, 6.07) is 0.520. The molecule has 1 heterocycles. The van der Waals surface area contributed by atoms with Gasteiger partial charge in [-0.25, -0.2) is 4.98 Å². The van der Waals surface area contributed by atoms with E-state index in [1.807, 2.05) is 12.4 Å². The van der Waals surface area contributed by atoms with Crippen molar-refractivity contribution in [3.63, 3.8) is 0 Å². The lowest BCUT2D eigenvalue weighted by atomic mass is 10.4. The summed E-state index contributed by atoms with van der Waals surface area (Å²) in [6.07, 6.45) is 5.07. The first-order valence-electron chi connectivity index (χ1n) is 4.97. The lowest BCUT2D eigenvalue weighted by Crippen LogP contribution is -2.24. The molecule has 0 fully saturated rings. The number of hydrogen-bond donors (Lipinski definition) is 1. The van der Waals surface area contributed by atoms with E-state index in [1.165, 1.54) is 0 Å². The summed E-state index contributed by atoms with van der Waals surface area (Å²) in [7, 11) is 0. The first-order chi connectivity index (χ1) is 6.24. The molecule has 1 N–H and O–H groups in total. The third kappa shape index (κ3) is 3.19. The number of rotatable bonds is 5. The van der Waals surface area contributed by atoms with Crippen LogP contribution in [0.15, 0.2) is 12.4 Å². The quantitative estimate of drug-likeness (QED) is 0.750. The van der Waals surface area contributed by atoms with E-state index in [9.17, 15) is 0 Å². The maximum atomic E-state index is 4.31. The van der Waals surface area contributed by atoms with E-state index in [4.69, 9.17) is 0 Å². The van der Waals surface area contributed by atoms with Crippen LogP contribution in [0.25, 0.3) is 0 Å². The van der Waals surface area contributed by atoms with Crippen molar-refractivity contribution in [1.82, 2.24) is 14.9 Å². The molecule has 13 heavy (non-hydrogen) atoms. The van der Waals surface area contributed by atoms with Gasteiger partial charge in [0.2, 0.25) is 0 Å². The summed E-state index contributed by atoms with van der Waals surface area (Å²) in [5.74, 6) is 1.13. The summed E-state index contributed by atoms with van der Waals surface area (Å²) in [6.45, 7) is 8.40. The molecule has 1 aromatic heterocycles. The molecule has 0 spiro atoms. The molecule has 0 aliphatic carbocycles. The molecule has 1 rings (SSSR count). The molecule has 74 valence electrons. The Morgan fingerprint density at radius 2 is 2.31 bits per heavy atom. The Morgan fingerprint density at radius 3 is 2.92 bits per heavy atom. The van der Waals surface area contributed by atoms with Crippen molar-refractivity contribution in [2.75, 3.05) is 0 Å². The number of aromatic nitrogens is 2. The van der Waals surface area contributed by atoms with Gasteiger partial charge in [0.05, 0.1) is 6.54 Å². The van der Waals surface area contributed by atoms with E-state index >= 15 is 0 Å². The summed E-state index contributed by atoms with van der Waals surface area (Å²) in [4.78, 5) is 4.31. The van der Waals surface area contributed by atoms with Gasteiger partial charge in [-0.15, -0.1) is 0 Å². The normalized spacial score (nSPS) is 11.1. The standard InChI is InChI=1S/C10H19N3/c1-4-6-13-7-5-11-10(13)8-12-9(2)3/h5,7,9,12H,4,6,8H2,1-3H3. The summed E-state index contributed by atoms with van der Waals surface area (Å²) >= 11 is 0. The fourth-order valence-electron chi connectivity index (χ4n) is 1.25. The highest BCUT2D eigenvalue weighted by Gasteiger charge is 2.01. The molecule has 0 radical (unpaired) electrons. The zero-order chi connectivity index (χ0) is 9.68. The van der Waals surface area contributed by atoms with Gasteiger partial charge in [0.1, 0.15) is 5.82 Å². The molecular formula is C10H19N3. The minimum atomic E-state index is 0.520. The number of imidazole rings is 1. The Labute approximate surface area is 80.2 Å². The van der Waals surface area contributed by atoms with Gasteiger partial charge in [0.15, 0.2) is 0 Å². The largest absolute Gasteiger partial charge is 0.334 e. The molecule has 0 unspecified atom stereocenters. The third-order valence-corrected chi connectivity index (χ3v) is 1.93. The maximum absolute atomic E-state index is 4.31. The monoisotopic (exact) mass is 181 g/mol. The van der Waals surface area contributed by atoms with Crippen LogP contribution in [0, 0.1) is 0 Å². The van der Waals surface area contributed by atoms with Gasteiger partial charge < -0.3 is 9.88 Å². The fourth-order valence-corrected chi connectivity index (χ4v) is 1.25. The zero-order valence-electron chi connectivity index (χ0n) is 8.75. The van der Waals surface area contributed by atoms with Gasteiger partial charge in [0.25, 0.3) is 0 Å². The Balaban J connectivity index is 2.49. The van der Waals surface area contributed by atoms with Crippen molar-refractivity contribution in [1.29, 1.82) is 0 Å². The average molecular weight is 181 g/mol. The SMILES string of the molecule is CCCn1ccnc1CNC(C)C. The lowest BCUT2D eigenvalue weighted by molar-refractivity contribution is 0.541. The molecule has 0 bridgehead atoms. The van der Waals surface area contributed by atoms with Crippen LogP contribution in [0.3, 0.4) is 0 Å². The van der Waals surface area contributed by atoms with Crippen molar-refractivity contribution in [2.45, 2.75) is 46.3 Å². The van der Waals surface area contributed by atoms with E-state index in [1.54, 1.807) is 0 Å². The van der Waals surface area contributed by atoms with E-state index in [0.29, 0.717) is 6.04 Å². The topological polar surface area (TPSA) is 29.9 Å². The summed E-state index contributed by atoms with van der Waals surface area (Å²) < 4.78 is 2.20. The van der Waals surface area contributed by atoms with Gasteiger partial charge in [-0.3, -0.25) is 0 Å². The molecule has 1 aromatic rings. The number of nitrogens with one attached hydrogen (secondary N) is 1. The molecule has 0 atom stereocenters. The first-order valence-corrected chi connectivity index (χ1v) is 4.97. The average Bonchev–Trinajstić information content (AvgIpc) is 2.49. The number of hydrogen-bond acceptors (Lipinski definition) is 2. The lowest BCUT2D eigenvalue weighted by Gasteiger charge is -2.09. The van der Waals surface area contributed by atoms with E-state index in [-0.39, 0.29) is 0 Å².